The summed E-state index contributed by atoms with van der Waals surface area (Å²) in [5.74, 6) is 0. The van der Waals surface area contributed by atoms with Gasteiger partial charge in [-0.3, -0.25) is 0 Å². The predicted octanol–water partition coefficient (Wildman–Crippen LogP) is 0.673. The predicted molar refractivity (Wildman–Crippen MR) is 50.5 cm³/mol. The molecule has 13 heavy (non-hydrogen) atoms. The van der Waals surface area contributed by atoms with Gasteiger partial charge in [0.2, 0.25) is 5.13 Å². The number of hydrogen-bond acceptors (Lipinski definition) is 6. The Morgan fingerprint density at radius 3 is 2.69 bits per heavy atom. The van der Waals surface area contributed by atoms with E-state index in [9.17, 15) is 0 Å². The molecule has 0 amide bonds. The molecule has 0 aliphatic carbocycles. The van der Waals surface area contributed by atoms with Crippen molar-refractivity contribution < 1.29 is 9.47 Å². The third-order valence-corrected chi connectivity index (χ3v) is 2.01. The van der Waals surface area contributed by atoms with Gasteiger partial charge in [-0.2, -0.15) is 0 Å². The monoisotopic (exact) mass is 203 g/mol. The average Bonchev–Trinajstić information content (AvgIpc) is 2.51. The van der Waals surface area contributed by atoms with Crippen LogP contribution in [0.25, 0.3) is 0 Å². The average molecular weight is 203 g/mol. The quantitative estimate of drug-likeness (QED) is 0.688. The summed E-state index contributed by atoms with van der Waals surface area (Å²) in [6.07, 6.45) is 0. The molecule has 0 spiro atoms. The summed E-state index contributed by atoms with van der Waals surface area (Å²) < 4.78 is 10.4. The van der Waals surface area contributed by atoms with E-state index in [1.165, 1.54) is 11.3 Å². The molecule has 5 nitrogen and oxygen atoms in total. The number of ether oxygens (including phenoxy) is 2. The van der Waals surface area contributed by atoms with Crippen molar-refractivity contribution in [1.29, 1.82) is 0 Å². The molecule has 0 saturated carbocycles. The van der Waals surface area contributed by atoms with Crippen LogP contribution in [0.5, 0.6) is 0 Å². The SMILES string of the molecule is CCOCCOCc1nnc(N)s1. The zero-order valence-corrected chi connectivity index (χ0v) is 8.34. The van der Waals surface area contributed by atoms with Crippen LogP contribution < -0.4 is 5.73 Å². The molecule has 0 radical (unpaired) electrons. The maximum absolute atomic E-state index is 5.40. The molecule has 0 saturated heterocycles. The second-order valence-electron chi connectivity index (χ2n) is 2.28. The van der Waals surface area contributed by atoms with Gasteiger partial charge < -0.3 is 15.2 Å². The van der Waals surface area contributed by atoms with Gasteiger partial charge >= 0.3 is 0 Å². The highest BCUT2D eigenvalue weighted by molar-refractivity contribution is 7.15. The minimum absolute atomic E-state index is 0.460. The molecule has 0 unspecified atom stereocenters. The van der Waals surface area contributed by atoms with E-state index in [2.05, 4.69) is 10.2 Å². The van der Waals surface area contributed by atoms with Gasteiger partial charge in [0.25, 0.3) is 0 Å². The lowest BCUT2D eigenvalue weighted by Gasteiger charge is -2.00. The second kappa shape index (κ2) is 5.85. The minimum atomic E-state index is 0.460. The van der Waals surface area contributed by atoms with E-state index in [1.807, 2.05) is 6.92 Å². The Morgan fingerprint density at radius 2 is 2.08 bits per heavy atom. The van der Waals surface area contributed by atoms with Crippen LogP contribution in [0, 0.1) is 0 Å². The lowest BCUT2D eigenvalue weighted by atomic mass is 10.7. The molecule has 0 fully saturated rings. The zero-order chi connectivity index (χ0) is 9.52. The molecular formula is C7H13N3O2S. The van der Waals surface area contributed by atoms with Crippen LogP contribution in [-0.2, 0) is 16.1 Å². The fourth-order valence-electron chi connectivity index (χ4n) is 0.747. The highest BCUT2D eigenvalue weighted by atomic mass is 32.1. The van der Waals surface area contributed by atoms with Crippen LogP contribution >= 0.6 is 11.3 Å². The molecule has 1 aromatic rings. The summed E-state index contributed by atoms with van der Waals surface area (Å²) >= 11 is 1.34. The summed E-state index contributed by atoms with van der Waals surface area (Å²) in [4.78, 5) is 0. The largest absolute Gasteiger partial charge is 0.379 e. The molecular weight excluding hydrogens is 190 g/mol. The standard InChI is InChI=1S/C7H13N3O2S/c1-2-11-3-4-12-5-6-9-10-7(8)13-6/h2-5H2,1H3,(H2,8,10). The van der Waals surface area contributed by atoms with E-state index in [4.69, 9.17) is 15.2 Å². The molecule has 6 heteroatoms. The van der Waals surface area contributed by atoms with Crippen LogP contribution in [-0.4, -0.2) is 30.0 Å². The van der Waals surface area contributed by atoms with E-state index in [0.717, 1.165) is 11.6 Å². The van der Waals surface area contributed by atoms with Gasteiger partial charge in [-0.25, -0.2) is 0 Å². The van der Waals surface area contributed by atoms with Crippen LogP contribution in [0.2, 0.25) is 0 Å². The van der Waals surface area contributed by atoms with Gasteiger partial charge in [-0.05, 0) is 6.92 Å². The smallest absolute Gasteiger partial charge is 0.203 e. The lowest BCUT2D eigenvalue weighted by Crippen LogP contribution is -2.03. The Labute approximate surface area is 80.9 Å². The third-order valence-electron chi connectivity index (χ3n) is 1.28. The van der Waals surface area contributed by atoms with Crippen LogP contribution in [0.4, 0.5) is 5.13 Å². The number of anilines is 1. The molecule has 1 rings (SSSR count). The van der Waals surface area contributed by atoms with Crippen LogP contribution in [0.3, 0.4) is 0 Å². The Balaban J connectivity index is 2.06. The highest BCUT2D eigenvalue weighted by Crippen LogP contribution is 2.11. The molecule has 0 bridgehead atoms. The Kier molecular flexibility index (Phi) is 4.66. The molecule has 0 aliphatic rings. The number of hydrogen-bond donors (Lipinski definition) is 1. The third kappa shape index (κ3) is 4.16. The molecule has 0 aromatic carbocycles. The van der Waals surface area contributed by atoms with E-state index >= 15 is 0 Å². The van der Waals surface area contributed by atoms with Crippen molar-refractivity contribution in [2.45, 2.75) is 13.5 Å². The lowest BCUT2D eigenvalue weighted by molar-refractivity contribution is 0.0450. The number of nitrogens with two attached hydrogens (primary N) is 1. The van der Waals surface area contributed by atoms with Gasteiger partial charge in [0.15, 0.2) is 0 Å². The summed E-state index contributed by atoms with van der Waals surface area (Å²) in [5, 5.41) is 8.75. The van der Waals surface area contributed by atoms with Crippen molar-refractivity contribution in [2.75, 3.05) is 25.6 Å². The van der Waals surface area contributed by atoms with Gasteiger partial charge in [0.1, 0.15) is 11.6 Å². The Hall–Kier alpha value is -0.720. The maximum Gasteiger partial charge on any atom is 0.203 e. The topological polar surface area (TPSA) is 70.3 Å². The van der Waals surface area contributed by atoms with Crippen LogP contribution in [0.15, 0.2) is 0 Å². The summed E-state index contributed by atoms with van der Waals surface area (Å²) in [6.45, 7) is 4.32. The first kappa shape index (κ1) is 10.4. The van der Waals surface area contributed by atoms with Crippen molar-refractivity contribution in [3.05, 3.63) is 5.01 Å². The highest BCUT2D eigenvalue weighted by Gasteiger charge is 1.99. The first-order valence-corrected chi connectivity index (χ1v) is 4.88. The second-order valence-corrected chi connectivity index (χ2v) is 3.38. The fourth-order valence-corrected chi connectivity index (χ4v) is 1.29. The number of aromatic nitrogens is 2. The van der Waals surface area contributed by atoms with Crippen molar-refractivity contribution >= 4 is 16.5 Å². The summed E-state index contributed by atoms with van der Waals surface area (Å²) in [5.41, 5.74) is 5.40. The van der Waals surface area contributed by atoms with E-state index in [-0.39, 0.29) is 0 Å². The summed E-state index contributed by atoms with van der Waals surface area (Å²) in [7, 11) is 0. The van der Waals surface area contributed by atoms with Gasteiger partial charge in [0.05, 0.1) is 13.2 Å². The first-order valence-electron chi connectivity index (χ1n) is 4.06. The number of rotatable bonds is 6. The van der Waals surface area contributed by atoms with Crippen LogP contribution in [0.1, 0.15) is 11.9 Å². The van der Waals surface area contributed by atoms with E-state index < -0.39 is 0 Å². The molecule has 0 aliphatic heterocycles. The van der Waals surface area contributed by atoms with E-state index in [0.29, 0.717) is 25.0 Å². The molecule has 1 heterocycles. The Morgan fingerprint density at radius 1 is 1.31 bits per heavy atom. The number of nitrogen functional groups attached to an aromatic ring is 1. The van der Waals surface area contributed by atoms with Crippen molar-refractivity contribution in [2.24, 2.45) is 0 Å². The van der Waals surface area contributed by atoms with Gasteiger partial charge in [-0.1, -0.05) is 11.3 Å². The first-order chi connectivity index (χ1) is 6.33. The molecule has 0 atom stereocenters. The minimum Gasteiger partial charge on any atom is -0.379 e. The van der Waals surface area contributed by atoms with Crippen molar-refractivity contribution in [1.82, 2.24) is 10.2 Å². The van der Waals surface area contributed by atoms with E-state index in [1.54, 1.807) is 0 Å². The molecule has 1 aromatic heterocycles. The van der Waals surface area contributed by atoms with Gasteiger partial charge in [-0.15, -0.1) is 10.2 Å². The fraction of sp³-hybridized carbons (Fsp3) is 0.714. The Bertz CT molecular complexity index is 241. The molecule has 74 valence electrons. The number of nitrogens with zero attached hydrogens (tertiary/aromatic N) is 2. The molecule has 2 N–H and O–H groups in total. The maximum atomic E-state index is 5.40. The normalized spacial score (nSPS) is 10.5. The van der Waals surface area contributed by atoms with Crippen molar-refractivity contribution in [3.63, 3.8) is 0 Å². The van der Waals surface area contributed by atoms with Gasteiger partial charge in [0, 0.05) is 6.61 Å². The van der Waals surface area contributed by atoms with Crippen molar-refractivity contribution in [3.8, 4) is 0 Å². The zero-order valence-electron chi connectivity index (χ0n) is 7.52. The summed E-state index contributed by atoms with van der Waals surface area (Å²) in [6, 6.07) is 0.